The lowest BCUT2D eigenvalue weighted by atomic mass is 9.99. The number of benzene rings is 1. The first-order valence-corrected chi connectivity index (χ1v) is 9.95. The average molecular weight is 347 g/mol. The summed E-state index contributed by atoms with van der Waals surface area (Å²) in [5.74, 6) is 0.714. The summed E-state index contributed by atoms with van der Waals surface area (Å²) < 4.78 is 33.2. The molecule has 6 nitrogen and oxygen atoms in total. The maximum atomic E-state index is 11.9. The number of hydrogen-bond donors (Lipinski definition) is 0. The highest BCUT2D eigenvalue weighted by molar-refractivity contribution is 7.90. The number of amidine groups is 1. The number of anilines is 1. The molecular formula is C17H21N3O3S. The highest BCUT2D eigenvalue weighted by atomic mass is 32.2. The molecule has 7 heteroatoms. The van der Waals surface area contributed by atoms with Crippen LogP contribution in [-0.4, -0.2) is 64.3 Å². The monoisotopic (exact) mass is 347 g/mol. The van der Waals surface area contributed by atoms with Crippen LogP contribution in [0.25, 0.3) is 5.57 Å². The molecular weight excluding hydrogens is 326 g/mol. The Hall–Kier alpha value is -1.86. The lowest BCUT2D eigenvalue weighted by molar-refractivity contribution is 0.122. The van der Waals surface area contributed by atoms with Gasteiger partial charge in [-0.2, -0.15) is 0 Å². The standard InChI is InChI=1S/C17H21N3O3S/c21-24(22)13-10-20-7-1-2-16(17(20)18-24)14-3-5-15(6-4-14)19-8-11-23-12-9-19/h2-6H,1,7-13H2. The Labute approximate surface area is 142 Å². The molecule has 4 rings (SSSR count). The van der Waals surface area contributed by atoms with E-state index in [0.29, 0.717) is 12.4 Å². The molecule has 3 heterocycles. The number of nitrogens with zero attached hydrogens (tertiary/aromatic N) is 3. The Morgan fingerprint density at radius 3 is 2.46 bits per heavy atom. The van der Waals surface area contributed by atoms with Gasteiger partial charge in [-0.1, -0.05) is 18.2 Å². The van der Waals surface area contributed by atoms with Crippen LogP contribution in [0.1, 0.15) is 12.0 Å². The predicted molar refractivity (Wildman–Crippen MR) is 94.9 cm³/mol. The minimum Gasteiger partial charge on any atom is -0.378 e. The molecule has 1 saturated heterocycles. The van der Waals surface area contributed by atoms with Crippen LogP contribution >= 0.6 is 0 Å². The maximum Gasteiger partial charge on any atom is 0.256 e. The minimum atomic E-state index is -3.34. The van der Waals surface area contributed by atoms with E-state index in [1.165, 1.54) is 5.69 Å². The third-order valence-corrected chi connectivity index (χ3v) is 5.84. The number of ether oxygens (including phenoxy) is 1. The number of sulfonamides is 1. The van der Waals surface area contributed by atoms with Gasteiger partial charge in [0.05, 0.1) is 19.0 Å². The second kappa shape index (κ2) is 6.22. The van der Waals surface area contributed by atoms with Gasteiger partial charge in [0, 0.05) is 37.4 Å². The Morgan fingerprint density at radius 2 is 1.71 bits per heavy atom. The summed E-state index contributed by atoms with van der Waals surface area (Å²) in [7, 11) is -3.34. The fourth-order valence-electron chi connectivity index (χ4n) is 3.38. The highest BCUT2D eigenvalue weighted by Crippen LogP contribution is 2.28. The molecule has 1 aromatic rings. The smallest absolute Gasteiger partial charge is 0.256 e. The summed E-state index contributed by atoms with van der Waals surface area (Å²) in [6.07, 6.45) is 3.01. The summed E-state index contributed by atoms with van der Waals surface area (Å²) >= 11 is 0. The van der Waals surface area contributed by atoms with E-state index >= 15 is 0 Å². The Bertz CT molecular complexity index is 778. The van der Waals surface area contributed by atoms with E-state index in [2.05, 4.69) is 44.5 Å². The van der Waals surface area contributed by atoms with Crippen LogP contribution in [0, 0.1) is 0 Å². The van der Waals surface area contributed by atoms with Crippen molar-refractivity contribution < 1.29 is 13.2 Å². The van der Waals surface area contributed by atoms with Crippen LogP contribution in [0.15, 0.2) is 34.7 Å². The molecule has 0 N–H and O–H groups in total. The molecule has 3 aliphatic rings. The fourth-order valence-corrected chi connectivity index (χ4v) is 4.40. The van der Waals surface area contributed by atoms with Crippen LogP contribution < -0.4 is 4.90 Å². The third-order valence-electron chi connectivity index (χ3n) is 4.69. The molecule has 3 aliphatic heterocycles. The van der Waals surface area contributed by atoms with Crippen LogP contribution in [0.4, 0.5) is 5.69 Å². The summed E-state index contributed by atoms with van der Waals surface area (Å²) in [5.41, 5.74) is 3.12. The van der Waals surface area contributed by atoms with Crippen molar-refractivity contribution in [2.24, 2.45) is 4.40 Å². The van der Waals surface area contributed by atoms with Gasteiger partial charge in [0.2, 0.25) is 0 Å². The number of rotatable bonds is 2. The van der Waals surface area contributed by atoms with Gasteiger partial charge in [-0.15, -0.1) is 4.40 Å². The highest BCUT2D eigenvalue weighted by Gasteiger charge is 2.29. The molecule has 0 aromatic heterocycles. The first-order valence-electron chi connectivity index (χ1n) is 8.34. The van der Waals surface area contributed by atoms with Crippen LogP contribution in [0.3, 0.4) is 0 Å². The van der Waals surface area contributed by atoms with E-state index in [1.54, 1.807) is 0 Å². The van der Waals surface area contributed by atoms with Gasteiger partial charge in [0.15, 0.2) is 0 Å². The second-order valence-corrected chi connectivity index (χ2v) is 8.00. The van der Waals surface area contributed by atoms with Crippen molar-refractivity contribution in [2.45, 2.75) is 6.42 Å². The first-order chi connectivity index (χ1) is 11.6. The van der Waals surface area contributed by atoms with Crippen LogP contribution in [0.5, 0.6) is 0 Å². The van der Waals surface area contributed by atoms with Gasteiger partial charge in [0.1, 0.15) is 5.84 Å². The number of morpholine rings is 1. The van der Waals surface area contributed by atoms with E-state index in [4.69, 9.17) is 4.74 Å². The first kappa shape index (κ1) is 15.7. The van der Waals surface area contributed by atoms with Crippen molar-refractivity contribution in [3.63, 3.8) is 0 Å². The molecule has 0 spiro atoms. The zero-order chi connectivity index (χ0) is 16.6. The molecule has 0 aliphatic carbocycles. The predicted octanol–water partition coefficient (Wildman–Crippen LogP) is 1.35. The third kappa shape index (κ3) is 3.06. The van der Waals surface area contributed by atoms with Crippen molar-refractivity contribution in [1.82, 2.24) is 4.90 Å². The van der Waals surface area contributed by atoms with E-state index in [9.17, 15) is 8.42 Å². The van der Waals surface area contributed by atoms with Gasteiger partial charge in [-0.05, 0) is 24.1 Å². The van der Waals surface area contributed by atoms with E-state index in [0.717, 1.165) is 50.4 Å². The molecule has 0 amide bonds. The summed E-state index contributed by atoms with van der Waals surface area (Å²) in [4.78, 5) is 4.38. The summed E-state index contributed by atoms with van der Waals surface area (Å²) in [5, 5.41) is 0. The van der Waals surface area contributed by atoms with E-state index in [-0.39, 0.29) is 5.75 Å². The average Bonchev–Trinajstić information content (AvgIpc) is 2.61. The summed E-state index contributed by atoms with van der Waals surface area (Å²) in [6.45, 7) is 4.70. The van der Waals surface area contributed by atoms with Crippen molar-refractivity contribution in [1.29, 1.82) is 0 Å². The van der Waals surface area contributed by atoms with Gasteiger partial charge < -0.3 is 14.5 Å². The molecule has 0 bridgehead atoms. The van der Waals surface area contributed by atoms with Gasteiger partial charge >= 0.3 is 0 Å². The Balaban J connectivity index is 1.63. The topological polar surface area (TPSA) is 62.2 Å². The normalized spacial score (nSPS) is 23.3. The van der Waals surface area contributed by atoms with E-state index < -0.39 is 10.0 Å². The Kier molecular flexibility index (Phi) is 4.05. The van der Waals surface area contributed by atoms with Gasteiger partial charge in [-0.25, -0.2) is 8.42 Å². The maximum absolute atomic E-state index is 11.9. The number of hydrogen-bond acceptors (Lipinski definition) is 5. The van der Waals surface area contributed by atoms with Crippen LogP contribution in [-0.2, 0) is 14.8 Å². The second-order valence-electron chi connectivity index (χ2n) is 6.24. The fraction of sp³-hybridized carbons (Fsp3) is 0.471. The molecule has 128 valence electrons. The molecule has 1 fully saturated rings. The SMILES string of the molecule is O=S1(=O)CCN2CCC=C(c3ccc(N4CCOCC4)cc3)C2=N1. The molecule has 0 unspecified atom stereocenters. The lowest BCUT2D eigenvalue weighted by Crippen LogP contribution is -2.42. The molecule has 0 saturated carbocycles. The quantitative estimate of drug-likeness (QED) is 0.808. The number of fused-ring (bicyclic) bond motifs is 1. The largest absolute Gasteiger partial charge is 0.378 e. The zero-order valence-electron chi connectivity index (χ0n) is 13.5. The van der Waals surface area contributed by atoms with Gasteiger partial charge in [-0.3, -0.25) is 0 Å². The van der Waals surface area contributed by atoms with Gasteiger partial charge in [0.25, 0.3) is 10.0 Å². The van der Waals surface area contributed by atoms with Crippen molar-refractivity contribution in [2.75, 3.05) is 50.0 Å². The molecule has 1 aromatic carbocycles. The molecule has 0 radical (unpaired) electrons. The van der Waals surface area contributed by atoms with Crippen molar-refractivity contribution in [3.05, 3.63) is 35.9 Å². The Morgan fingerprint density at radius 1 is 0.958 bits per heavy atom. The lowest BCUT2D eigenvalue weighted by Gasteiger charge is -2.33. The zero-order valence-corrected chi connectivity index (χ0v) is 14.3. The summed E-state index contributed by atoms with van der Waals surface area (Å²) in [6, 6.07) is 8.31. The van der Waals surface area contributed by atoms with Crippen molar-refractivity contribution >= 4 is 27.1 Å². The van der Waals surface area contributed by atoms with Crippen molar-refractivity contribution in [3.8, 4) is 0 Å². The van der Waals surface area contributed by atoms with Crippen LogP contribution in [0.2, 0.25) is 0 Å². The van der Waals surface area contributed by atoms with E-state index in [1.807, 2.05) is 0 Å². The molecule has 0 atom stereocenters. The minimum absolute atomic E-state index is 0.111. The molecule has 24 heavy (non-hydrogen) atoms.